The summed E-state index contributed by atoms with van der Waals surface area (Å²) in [7, 11) is -3.77. The lowest BCUT2D eigenvalue weighted by Crippen LogP contribution is -2.24. The standard InChI is InChI=1S/C22H23FN4O5S/c1-14(28)24-17-6-2-15(3-7-17)11-27-12-18(29)10-20(27)22-25-21(26-32-22)13-33(30,31)19-8-4-16(23)5-9-19/h2-9,18,20,29H,10-13H2,1H3,(H,24,28)/t18-,20+/m1/s1. The van der Waals surface area contributed by atoms with E-state index >= 15 is 0 Å². The number of sulfone groups is 1. The molecule has 2 aromatic carbocycles. The molecule has 1 amide bonds. The van der Waals surface area contributed by atoms with Gasteiger partial charge in [-0.25, -0.2) is 12.8 Å². The zero-order valence-corrected chi connectivity index (χ0v) is 18.6. The van der Waals surface area contributed by atoms with Crippen LogP contribution >= 0.6 is 0 Å². The van der Waals surface area contributed by atoms with Crippen LogP contribution in [0.2, 0.25) is 0 Å². The van der Waals surface area contributed by atoms with Crippen LogP contribution in [0.3, 0.4) is 0 Å². The van der Waals surface area contributed by atoms with E-state index in [1.807, 2.05) is 17.0 Å². The molecule has 3 aromatic rings. The number of anilines is 1. The van der Waals surface area contributed by atoms with E-state index in [1.165, 1.54) is 19.1 Å². The Balaban J connectivity index is 1.46. The molecule has 9 nitrogen and oxygen atoms in total. The van der Waals surface area contributed by atoms with Gasteiger partial charge in [0.2, 0.25) is 11.8 Å². The van der Waals surface area contributed by atoms with Crippen molar-refractivity contribution in [2.45, 2.75) is 42.7 Å². The quantitative estimate of drug-likeness (QED) is 0.500. The summed E-state index contributed by atoms with van der Waals surface area (Å²) in [5, 5.41) is 16.7. The van der Waals surface area contributed by atoms with Crippen molar-refractivity contribution >= 4 is 21.4 Å². The lowest BCUT2D eigenvalue weighted by Gasteiger charge is -2.21. The second-order valence-corrected chi connectivity index (χ2v) is 9.96. The van der Waals surface area contributed by atoms with Gasteiger partial charge >= 0.3 is 0 Å². The zero-order valence-electron chi connectivity index (χ0n) is 17.8. The molecular formula is C22H23FN4O5S. The number of nitrogens with zero attached hydrogens (tertiary/aromatic N) is 3. The van der Waals surface area contributed by atoms with Crippen LogP contribution in [-0.2, 0) is 26.9 Å². The highest BCUT2D eigenvalue weighted by Gasteiger charge is 2.36. The average molecular weight is 475 g/mol. The summed E-state index contributed by atoms with van der Waals surface area (Å²) in [5.74, 6) is -0.942. The Morgan fingerprint density at radius 1 is 1.21 bits per heavy atom. The van der Waals surface area contributed by atoms with Gasteiger partial charge in [0.15, 0.2) is 15.7 Å². The van der Waals surface area contributed by atoms with Gasteiger partial charge in [-0.3, -0.25) is 9.69 Å². The van der Waals surface area contributed by atoms with Gasteiger partial charge in [0.05, 0.1) is 17.0 Å². The van der Waals surface area contributed by atoms with Crippen molar-refractivity contribution in [1.29, 1.82) is 0 Å². The van der Waals surface area contributed by atoms with E-state index in [0.717, 1.165) is 17.7 Å². The third-order valence-corrected chi connectivity index (χ3v) is 6.93. The molecule has 0 saturated carbocycles. The van der Waals surface area contributed by atoms with Crippen LogP contribution in [0.15, 0.2) is 57.9 Å². The first-order valence-electron chi connectivity index (χ1n) is 10.3. The fraction of sp³-hybridized carbons (Fsp3) is 0.318. The molecule has 0 bridgehead atoms. The van der Waals surface area contributed by atoms with Gasteiger partial charge < -0.3 is 14.9 Å². The summed E-state index contributed by atoms with van der Waals surface area (Å²) in [4.78, 5) is 17.4. The molecule has 2 atom stereocenters. The predicted molar refractivity (Wildman–Crippen MR) is 116 cm³/mol. The summed E-state index contributed by atoms with van der Waals surface area (Å²) in [6.45, 7) is 2.32. The highest BCUT2D eigenvalue weighted by atomic mass is 32.2. The molecule has 33 heavy (non-hydrogen) atoms. The third-order valence-electron chi connectivity index (χ3n) is 5.30. The number of nitrogens with one attached hydrogen (secondary N) is 1. The van der Waals surface area contributed by atoms with Gasteiger partial charge in [-0.1, -0.05) is 17.3 Å². The Morgan fingerprint density at radius 3 is 2.58 bits per heavy atom. The highest BCUT2D eigenvalue weighted by Crippen LogP contribution is 2.33. The number of likely N-dealkylation sites (tertiary alicyclic amines) is 1. The molecule has 1 saturated heterocycles. The SMILES string of the molecule is CC(=O)Nc1ccc(CN2C[C@H](O)C[C@H]2c2nc(CS(=O)(=O)c3ccc(F)cc3)no2)cc1. The molecule has 0 unspecified atom stereocenters. The number of hydrogen-bond acceptors (Lipinski definition) is 8. The molecule has 1 aliphatic heterocycles. The molecule has 0 aliphatic carbocycles. The second kappa shape index (κ2) is 9.38. The van der Waals surface area contributed by atoms with Gasteiger partial charge in [0.1, 0.15) is 11.6 Å². The molecule has 1 aliphatic rings. The molecule has 4 rings (SSSR count). The monoisotopic (exact) mass is 474 g/mol. The topological polar surface area (TPSA) is 126 Å². The molecule has 174 valence electrons. The number of benzene rings is 2. The smallest absolute Gasteiger partial charge is 0.244 e. The molecular weight excluding hydrogens is 451 g/mol. The van der Waals surface area contributed by atoms with Gasteiger partial charge in [-0.05, 0) is 48.4 Å². The van der Waals surface area contributed by atoms with Gasteiger partial charge in [0, 0.05) is 25.7 Å². The van der Waals surface area contributed by atoms with Gasteiger partial charge in [0.25, 0.3) is 0 Å². The van der Waals surface area contributed by atoms with E-state index in [1.54, 1.807) is 12.1 Å². The number of hydrogen-bond donors (Lipinski definition) is 2. The van der Waals surface area contributed by atoms with E-state index in [4.69, 9.17) is 4.52 Å². The number of halogens is 1. The zero-order chi connectivity index (χ0) is 23.6. The maximum Gasteiger partial charge on any atom is 0.244 e. The summed E-state index contributed by atoms with van der Waals surface area (Å²) < 4.78 is 43.6. The van der Waals surface area contributed by atoms with E-state index in [9.17, 15) is 22.7 Å². The van der Waals surface area contributed by atoms with Gasteiger partial charge in [-0.2, -0.15) is 4.98 Å². The average Bonchev–Trinajstić information content (AvgIpc) is 3.35. The van der Waals surface area contributed by atoms with Crippen LogP contribution in [0, 0.1) is 5.82 Å². The summed E-state index contributed by atoms with van der Waals surface area (Å²) >= 11 is 0. The van der Waals surface area contributed by atoms with Crippen molar-refractivity contribution < 1.29 is 27.2 Å². The van der Waals surface area contributed by atoms with Crippen molar-refractivity contribution in [1.82, 2.24) is 15.0 Å². The fourth-order valence-corrected chi connectivity index (χ4v) is 4.97. The first-order chi connectivity index (χ1) is 15.7. The van der Waals surface area contributed by atoms with Crippen LogP contribution in [0.1, 0.15) is 36.7 Å². The predicted octanol–water partition coefficient (Wildman–Crippen LogP) is 2.45. The number of carbonyl (C=O) groups excluding carboxylic acids is 1. The first-order valence-corrected chi connectivity index (χ1v) is 11.9. The molecule has 2 N–H and O–H groups in total. The Labute approximate surface area is 190 Å². The highest BCUT2D eigenvalue weighted by molar-refractivity contribution is 7.90. The molecule has 0 radical (unpaired) electrons. The van der Waals surface area contributed by atoms with Crippen molar-refractivity contribution in [3.63, 3.8) is 0 Å². The number of β-amino-alcohol motifs (C(OH)–C–C–N with tert-alkyl or cyclic N) is 1. The number of aromatic nitrogens is 2. The Bertz CT molecular complexity index is 1230. The van der Waals surface area contributed by atoms with Crippen molar-refractivity contribution in [2.75, 3.05) is 11.9 Å². The first kappa shape index (κ1) is 23.0. The lowest BCUT2D eigenvalue weighted by atomic mass is 10.1. The number of aliphatic hydroxyl groups excluding tert-OH is 1. The molecule has 11 heteroatoms. The number of aliphatic hydroxyl groups is 1. The number of rotatable bonds is 7. The minimum atomic E-state index is -3.77. The van der Waals surface area contributed by atoms with Crippen molar-refractivity contribution in [3.8, 4) is 0 Å². The second-order valence-electron chi connectivity index (χ2n) is 7.97. The minimum absolute atomic E-state index is 0.00433. The third kappa shape index (κ3) is 5.62. The van der Waals surface area contributed by atoms with Gasteiger partial charge in [-0.15, -0.1) is 0 Å². The lowest BCUT2D eigenvalue weighted by molar-refractivity contribution is -0.114. The molecule has 1 aromatic heterocycles. The van der Waals surface area contributed by atoms with E-state index in [2.05, 4.69) is 15.5 Å². The minimum Gasteiger partial charge on any atom is -0.392 e. The molecule has 0 spiro atoms. The molecule has 1 fully saturated rings. The van der Waals surface area contributed by atoms with E-state index in [0.29, 0.717) is 25.2 Å². The summed E-state index contributed by atoms with van der Waals surface area (Å²) in [5.41, 5.74) is 1.65. The van der Waals surface area contributed by atoms with Crippen LogP contribution in [-0.4, -0.2) is 47.1 Å². The number of carbonyl (C=O) groups is 1. The maximum absolute atomic E-state index is 13.1. The molecule has 2 heterocycles. The van der Waals surface area contributed by atoms with Crippen LogP contribution in [0.5, 0.6) is 0 Å². The van der Waals surface area contributed by atoms with Crippen LogP contribution in [0.25, 0.3) is 0 Å². The van der Waals surface area contributed by atoms with E-state index in [-0.39, 0.29) is 28.6 Å². The van der Waals surface area contributed by atoms with Crippen molar-refractivity contribution in [3.05, 3.63) is 71.6 Å². The van der Waals surface area contributed by atoms with Crippen LogP contribution < -0.4 is 5.32 Å². The largest absolute Gasteiger partial charge is 0.392 e. The van der Waals surface area contributed by atoms with Crippen molar-refractivity contribution in [2.24, 2.45) is 0 Å². The van der Waals surface area contributed by atoms with E-state index < -0.39 is 27.5 Å². The maximum atomic E-state index is 13.1. The fourth-order valence-electron chi connectivity index (χ4n) is 3.80. The number of amides is 1. The Hall–Kier alpha value is -3.15. The summed E-state index contributed by atoms with van der Waals surface area (Å²) in [6, 6.07) is 11.5. The summed E-state index contributed by atoms with van der Waals surface area (Å²) in [6.07, 6.45) is -0.219. The Kier molecular flexibility index (Phi) is 6.54. The van der Waals surface area contributed by atoms with Crippen LogP contribution in [0.4, 0.5) is 10.1 Å². The normalized spacial score (nSPS) is 19.0. The Morgan fingerprint density at radius 2 is 1.91 bits per heavy atom.